The number of hydrogen-bond acceptors (Lipinski definition) is 7. The number of nitrogens with one attached hydrogen (secondary N) is 1. The van der Waals surface area contributed by atoms with Crippen molar-refractivity contribution in [3.63, 3.8) is 0 Å². The molecule has 2 aromatic carbocycles. The zero-order chi connectivity index (χ0) is 14.8. The second-order valence-corrected chi connectivity index (χ2v) is 5.64. The summed E-state index contributed by atoms with van der Waals surface area (Å²) in [4.78, 5) is 4.40. The first kappa shape index (κ1) is 13.6. The van der Waals surface area contributed by atoms with Gasteiger partial charge in [-0.15, -0.1) is 4.36 Å². The topological polar surface area (TPSA) is 108 Å². The molecule has 0 fully saturated rings. The molecule has 106 valence electrons. The summed E-state index contributed by atoms with van der Waals surface area (Å²) < 4.78 is 25.3. The third kappa shape index (κ3) is 2.73. The lowest BCUT2D eigenvalue weighted by Crippen LogP contribution is -1.82. The summed E-state index contributed by atoms with van der Waals surface area (Å²) in [6, 6.07) is 8.40. The van der Waals surface area contributed by atoms with Crippen LogP contribution in [-0.2, 0) is 10.5 Å². The highest BCUT2D eigenvalue weighted by Crippen LogP contribution is 2.42. The number of H-pyrrole nitrogens is 1. The normalized spacial score (nSPS) is 10.7. The van der Waals surface area contributed by atoms with E-state index in [1.165, 1.54) is 12.4 Å². The van der Waals surface area contributed by atoms with Gasteiger partial charge >= 0.3 is 10.5 Å². The monoisotopic (exact) mass is 320 g/mol. The SMILES string of the molecule is O=S(=O)=Nc1cc(Sc2ncn[nH]2)c(O)c2ccccc12. The molecule has 21 heavy (non-hydrogen) atoms. The Balaban J connectivity index is 2.25. The predicted molar refractivity (Wildman–Crippen MR) is 77.1 cm³/mol. The van der Waals surface area contributed by atoms with Crippen molar-refractivity contribution >= 4 is 38.7 Å². The molecule has 3 aromatic rings. The fourth-order valence-electron chi connectivity index (χ4n) is 1.90. The molecule has 0 atom stereocenters. The van der Waals surface area contributed by atoms with Crippen molar-refractivity contribution in [2.75, 3.05) is 0 Å². The van der Waals surface area contributed by atoms with Gasteiger partial charge in [0.1, 0.15) is 12.1 Å². The quantitative estimate of drug-likeness (QED) is 0.767. The van der Waals surface area contributed by atoms with E-state index in [2.05, 4.69) is 19.5 Å². The molecule has 7 nitrogen and oxygen atoms in total. The highest BCUT2D eigenvalue weighted by atomic mass is 32.2. The number of fused-ring (bicyclic) bond motifs is 1. The van der Waals surface area contributed by atoms with Crippen LogP contribution < -0.4 is 0 Å². The molecule has 1 aromatic heterocycles. The maximum atomic E-state index is 10.9. The number of aromatic nitrogens is 3. The van der Waals surface area contributed by atoms with Crippen LogP contribution in [0.5, 0.6) is 5.75 Å². The van der Waals surface area contributed by atoms with E-state index in [0.29, 0.717) is 20.8 Å². The molecule has 0 unspecified atom stereocenters. The highest BCUT2D eigenvalue weighted by molar-refractivity contribution is 7.99. The van der Waals surface area contributed by atoms with Gasteiger partial charge in [-0.25, -0.2) is 4.98 Å². The second kappa shape index (κ2) is 5.54. The van der Waals surface area contributed by atoms with Crippen LogP contribution in [0, 0.1) is 0 Å². The Kier molecular flexibility index (Phi) is 3.59. The number of rotatable bonds is 3. The molecule has 0 saturated carbocycles. The third-order valence-corrected chi connectivity index (χ3v) is 4.00. The molecule has 0 saturated heterocycles. The molecular formula is C12H8N4O3S2. The fourth-order valence-corrected chi connectivity index (χ4v) is 2.99. The molecule has 9 heteroatoms. The number of nitrogens with zero attached hydrogens (tertiary/aromatic N) is 3. The molecule has 0 amide bonds. The van der Waals surface area contributed by atoms with E-state index in [1.807, 2.05) is 0 Å². The summed E-state index contributed by atoms with van der Waals surface area (Å²) in [7, 11) is -2.58. The number of phenolic OH excluding ortho intramolecular Hbond substituents is 1. The summed E-state index contributed by atoms with van der Waals surface area (Å²) in [6.45, 7) is 0. The van der Waals surface area contributed by atoms with Crippen molar-refractivity contribution in [2.24, 2.45) is 4.36 Å². The number of aromatic amines is 1. The van der Waals surface area contributed by atoms with Crippen LogP contribution in [-0.4, -0.2) is 28.7 Å². The van der Waals surface area contributed by atoms with Gasteiger partial charge in [0.15, 0.2) is 5.16 Å². The minimum atomic E-state index is -2.58. The van der Waals surface area contributed by atoms with Gasteiger partial charge in [-0.3, -0.25) is 5.10 Å². The van der Waals surface area contributed by atoms with E-state index in [1.54, 1.807) is 24.3 Å². The van der Waals surface area contributed by atoms with Crippen LogP contribution in [0.25, 0.3) is 10.8 Å². The van der Waals surface area contributed by atoms with E-state index in [0.717, 1.165) is 11.8 Å². The minimum absolute atomic E-state index is 0.0441. The molecule has 3 rings (SSSR count). The summed E-state index contributed by atoms with van der Waals surface area (Å²) in [6.07, 6.45) is 1.35. The summed E-state index contributed by atoms with van der Waals surface area (Å²) in [5.74, 6) is 0.0441. The van der Waals surface area contributed by atoms with Gasteiger partial charge in [-0.1, -0.05) is 24.3 Å². The first-order valence-electron chi connectivity index (χ1n) is 5.74. The molecule has 1 heterocycles. The summed E-state index contributed by atoms with van der Waals surface area (Å²) >= 11 is 1.14. The Morgan fingerprint density at radius 3 is 2.67 bits per heavy atom. The molecular weight excluding hydrogens is 312 g/mol. The van der Waals surface area contributed by atoms with Crippen molar-refractivity contribution in [2.45, 2.75) is 10.1 Å². The Morgan fingerprint density at radius 2 is 2.00 bits per heavy atom. The minimum Gasteiger partial charge on any atom is -0.506 e. The van der Waals surface area contributed by atoms with E-state index in [4.69, 9.17) is 0 Å². The molecule has 0 aliphatic carbocycles. The van der Waals surface area contributed by atoms with Gasteiger partial charge in [0.2, 0.25) is 0 Å². The van der Waals surface area contributed by atoms with Crippen LogP contribution in [0.2, 0.25) is 0 Å². The zero-order valence-corrected chi connectivity index (χ0v) is 12.0. The Labute approximate surface area is 124 Å². The van der Waals surface area contributed by atoms with E-state index in [-0.39, 0.29) is 11.4 Å². The summed E-state index contributed by atoms with van der Waals surface area (Å²) in [5, 5.41) is 18.3. The molecule has 2 N–H and O–H groups in total. The van der Waals surface area contributed by atoms with E-state index < -0.39 is 10.5 Å². The standard InChI is InChI=1S/C12H8N4O3S2/c17-11-8-4-2-1-3-7(8)9(16-21(18)19)5-10(11)20-12-13-6-14-15-12/h1-6,17H,(H,13,14,15). The second-order valence-electron chi connectivity index (χ2n) is 3.99. The van der Waals surface area contributed by atoms with Gasteiger partial charge in [-0.2, -0.15) is 13.5 Å². The third-order valence-electron chi connectivity index (χ3n) is 2.73. The molecule has 0 aliphatic rings. The van der Waals surface area contributed by atoms with Crippen LogP contribution in [0.1, 0.15) is 0 Å². The van der Waals surface area contributed by atoms with Crippen molar-refractivity contribution < 1.29 is 13.5 Å². The van der Waals surface area contributed by atoms with Crippen molar-refractivity contribution in [3.8, 4) is 5.75 Å². The van der Waals surface area contributed by atoms with Crippen LogP contribution >= 0.6 is 11.8 Å². The van der Waals surface area contributed by atoms with Gasteiger partial charge in [0, 0.05) is 10.8 Å². The summed E-state index contributed by atoms with van der Waals surface area (Å²) in [5.41, 5.74) is 0.263. The maximum Gasteiger partial charge on any atom is 0.316 e. The van der Waals surface area contributed by atoms with Crippen molar-refractivity contribution in [1.82, 2.24) is 15.2 Å². The van der Waals surface area contributed by atoms with Gasteiger partial charge < -0.3 is 5.11 Å². The molecule has 0 spiro atoms. The Hall–Kier alpha value is -2.39. The molecule has 0 radical (unpaired) electrons. The van der Waals surface area contributed by atoms with Gasteiger partial charge in [-0.05, 0) is 17.8 Å². The van der Waals surface area contributed by atoms with Crippen molar-refractivity contribution in [3.05, 3.63) is 36.7 Å². The fraction of sp³-hybridized carbons (Fsp3) is 0. The van der Waals surface area contributed by atoms with Crippen molar-refractivity contribution in [1.29, 1.82) is 0 Å². The first-order chi connectivity index (χ1) is 10.1. The smallest absolute Gasteiger partial charge is 0.316 e. The lowest BCUT2D eigenvalue weighted by Gasteiger charge is -2.08. The number of phenols is 1. The Morgan fingerprint density at radius 1 is 1.24 bits per heavy atom. The first-order valence-corrected chi connectivity index (χ1v) is 7.59. The predicted octanol–water partition coefficient (Wildman–Crippen LogP) is 2.51. The molecule has 0 bridgehead atoms. The lowest BCUT2D eigenvalue weighted by molar-refractivity contribution is 0.469. The van der Waals surface area contributed by atoms with Gasteiger partial charge in [0.25, 0.3) is 0 Å². The number of benzene rings is 2. The van der Waals surface area contributed by atoms with Crippen LogP contribution in [0.15, 0.2) is 51.1 Å². The van der Waals surface area contributed by atoms with Crippen LogP contribution in [0.3, 0.4) is 0 Å². The maximum absolute atomic E-state index is 10.9. The largest absolute Gasteiger partial charge is 0.506 e. The average Bonchev–Trinajstić information content (AvgIpc) is 2.96. The highest BCUT2D eigenvalue weighted by Gasteiger charge is 2.13. The van der Waals surface area contributed by atoms with E-state index in [9.17, 15) is 13.5 Å². The van der Waals surface area contributed by atoms with E-state index >= 15 is 0 Å². The zero-order valence-electron chi connectivity index (χ0n) is 10.4. The van der Waals surface area contributed by atoms with Gasteiger partial charge in [0.05, 0.1) is 10.6 Å². The molecule has 0 aliphatic heterocycles. The average molecular weight is 320 g/mol. The Bertz CT molecular complexity index is 929. The van der Waals surface area contributed by atoms with Crippen LogP contribution in [0.4, 0.5) is 5.69 Å². The number of hydrogen-bond donors (Lipinski definition) is 2. The lowest BCUT2D eigenvalue weighted by atomic mass is 10.1. The number of aromatic hydroxyl groups is 1.